The van der Waals surface area contributed by atoms with E-state index in [-0.39, 0.29) is 10.8 Å². The summed E-state index contributed by atoms with van der Waals surface area (Å²) in [4.78, 5) is 0. The lowest BCUT2D eigenvalue weighted by molar-refractivity contribution is 0.352. The Labute approximate surface area is 132 Å². The number of nitrogens with one attached hydrogen (secondary N) is 1. The maximum Gasteiger partial charge on any atom is 0.174 e. The predicted molar refractivity (Wildman–Crippen MR) is 86.7 cm³/mol. The quantitative estimate of drug-likeness (QED) is 0.812. The average molecular weight is 364 g/mol. The van der Waals surface area contributed by atoms with Gasteiger partial charge in [-0.15, -0.1) is 4.72 Å². The van der Waals surface area contributed by atoms with Gasteiger partial charge in [-0.05, 0) is 61.3 Å². The molecule has 0 aliphatic carbocycles. The van der Waals surface area contributed by atoms with E-state index in [1.54, 1.807) is 14.2 Å². The molecule has 114 valence electrons. The minimum Gasteiger partial charge on any atom is -0.598 e. The molecule has 1 unspecified atom stereocenters. The van der Waals surface area contributed by atoms with Crippen molar-refractivity contribution in [3.63, 3.8) is 0 Å². The summed E-state index contributed by atoms with van der Waals surface area (Å²) in [6.45, 7) is 7.78. The van der Waals surface area contributed by atoms with Crippen LogP contribution in [0.2, 0.25) is 0 Å². The standard InChI is InChI=1S/C14H22BrNO3S/c1-9(16-20(17)14(2,3)4)10-7-11(15)13(19-6)12(8-10)18-5/h7-9,16H,1-6H3/t9-,20?/m1/s1. The van der Waals surface area contributed by atoms with E-state index in [0.29, 0.717) is 11.5 Å². The number of hydrogen-bond acceptors (Lipinski definition) is 4. The van der Waals surface area contributed by atoms with E-state index in [4.69, 9.17) is 9.47 Å². The molecule has 0 saturated heterocycles. The summed E-state index contributed by atoms with van der Waals surface area (Å²) in [6.07, 6.45) is 0. The molecule has 0 radical (unpaired) electrons. The van der Waals surface area contributed by atoms with Gasteiger partial charge in [-0.25, -0.2) is 0 Å². The number of halogens is 1. The summed E-state index contributed by atoms with van der Waals surface area (Å²) < 4.78 is 26.4. The molecule has 0 saturated carbocycles. The van der Waals surface area contributed by atoms with E-state index < -0.39 is 11.4 Å². The molecule has 0 aliphatic heterocycles. The number of rotatable bonds is 5. The minimum absolute atomic E-state index is 0.0637. The Balaban J connectivity index is 2.99. The SMILES string of the molecule is COc1cc([C@@H](C)N[S+]([O-])C(C)(C)C)cc(Br)c1OC. The van der Waals surface area contributed by atoms with E-state index in [1.165, 1.54) is 0 Å². The van der Waals surface area contributed by atoms with Crippen LogP contribution in [0, 0.1) is 0 Å². The van der Waals surface area contributed by atoms with Gasteiger partial charge >= 0.3 is 0 Å². The Bertz CT molecular complexity index is 462. The third kappa shape index (κ3) is 4.28. The summed E-state index contributed by atoms with van der Waals surface area (Å²) in [5, 5.41) is 0. The van der Waals surface area contributed by atoms with Crippen LogP contribution in [0.3, 0.4) is 0 Å². The summed E-state index contributed by atoms with van der Waals surface area (Å²) in [6, 6.07) is 3.77. The lowest BCUT2D eigenvalue weighted by Gasteiger charge is -2.27. The fourth-order valence-corrected chi connectivity index (χ4v) is 3.03. The second kappa shape index (κ2) is 7.02. The highest BCUT2D eigenvalue weighted by Gasteiger charge is 2.28. The van der Waals surface area contributed by atoms with Gasteiger partial charge in [0.05, 0.1) is 24.7 Å². The summed E-state index contributed by atoms with van der Waals surface area (Å²) in [7, 11) is 3.19. The van der Waals surface area contributed by atoms with E-state index >= 15 is 0 Å². The molecular formula is C14H22BrNO3S. The van der Waals surface area contributed by atoms with Gasteiger partial charge in [-0.1, -0.05) is 0 Å². The van der Waals surface area contributed by atoms with Gasteiger partial charge in [0.1, 0.15) is 4.75 Å². The van der Waals surface area contributed by atoms with Crippen LogP contribution in [0.25, 0.3) is 0 Å². The molecule has 2 atom stereocenters. The minimum atomic E-state index is -1.13. The van der Waals surface area contributed by atoms with Crippen molar-refractivity contribution in [1.82, 2.24) is 4.72 Å². The molecule has 1 rings (SSSR count). The summed E-state index contributed by atoms with van der Waals surface area (Å²) in [5.41, 5.74) is 0.979. The fraction of sp³-hybridized carbons (Fsp3) is 0.571. The number of hydrogen-bond donors (Lipinski definition) is 1. The van der Waals surface area contributed by atoms with Gasteiger partial charge in [-0.3, -0.25) is 0 Å². The van der Waals surface area contributed by atoms with Crippen LogP contribution >= 0.6 is 15.9 Å². The molecule has 0 aromatic heterocycles. The third-order valence-electron chi connectivity index (χ3n) is 2.80. The van der Waals surface area contributed by atoms with E-state index in [1.807, 2.05) is 39.8 Å². The Morgan fingerprint density at radius 3 is 2.30 bits per heavy atom. The molecule has 20 heavy (non-hydrogen) atoms. The molecule has 0 fully saturated rings. The zero-order chi connectivity index (χ0) is 15.5. The molecule has 0 heterocycles. The van der Waals surface area contributed by atoms with Crippen molar-refractivity contribution in [2.45, 2.75) is 38.5 Å². The fourth-order valence-electron chi connectivity index (χ4n) is 1.59. The number of ether oxygens (including phenoxy) is 2. The highest BCUT2D eigenvalue weighted by atomic mass is 79.9. The lowest BCUT2D eigenvalue weighted by Crippen LogP contribution is -2.40. The second-order valence-corrected chi connectivity index (χ2v) is 8.31. The van der Waals surface area contributed by atoms with Gasteiger partial charge in [0, 0.05) is 11.4 Å². The average Bonchev–Trinajstić information content (AvgIpc) is 2.36. The van der Waals surface area contributed by atoms with Gasteiger partial charge < -0.3 is 14.0 Å². The van der Waals surface area contributed by atoms with E-state index in [0.717, 1.165) is 10.0 Å². The molecule has 0 aliphatic rings. The van der Waals surface area contributed by atoms with Crippen LogP contribution < -0.4 is 14.2 Å². The number of benzene rings is 1. The van der Waals surface area contributed by atoms with E-state index in [9.17, 15) is 4.55 Å². The molecule has 1 aromatic carbocycles. The van der Waals surface area contributed by atoms with Gasteiger partial charge in [-0.2, -0.15) is 0 Å². The van der Waals surface area contributed by atoms with Crippen LogP contribution in [0.1, 0.15) is 39.3 Å². The first-order valence-electron chi connectivity index (χ1n) is 6.30. The van der Waals surface area contributed by atoms with Gasteiger partial charge in [0.25, 0.3) is 0 Å². The lowest BCUT2D eigenvalue weighted by atomic mass is 10.1. The van der Waals surface area contributed by atoms with Crippen molar-refractivity contribution in [2.75, 3.05) is 14.2 Å². The van der Waals surface area contributed by atoms with Crippen LogP contribution in [0.5, 0.6) is 11.5 Å². The van der Waals surface area contributed by atoms with Crippen molar-refractivity contribution < 1.29 is 14.0 Å². The molecule has 0 spiro atoms. The second-order valence-electron chi connectivity index (χ2n) is 5.46. The predicted octanol–water partition coefficient (Wildman–Crippen LogP) is 3.58. The van der Waals surface area contributed by atoms with Crippen molar-refractivity contribution >= 4 is 27.3 Å². The highest BCUT2D eigenvalue weighted by Crippen LogP contribution is 2.38. The monoisotopic (exact) mass is 363 g/mol. The van der Waals surface area contributed by atoms with Crippen LogP contribution in [0.15, 0.2) is 16.6 Å². The maximum atomic E-state index is 12.1. The first-order valence-corrected chi connectivity index (χ1v) is 8.24. The van der Waals surface area contributed by atoms with Gasteiger partial charge in [0.2, 0.25) is 0 Å². The van der Waals surface area contributed by atoms with Crippen molar-refractivity contribution in [1.29, 1.82) is 0 Å². The normalized spacial score (nSPS) is 14.8. The molecule has 6 heteroatoms. The smallest absolute Gasteiger partial charge is 0.174 e. The van der Waals surface area contributed by atoms with Crippen LogP contribution in [-0.4, -0.2) is 23.5 Å². The summed E-state index contributed by atoms with van der Waals surface area (Å²) in [5.74, 6) is 1.30. The van der Waals surface area contributed by atoms with Crippen LogP contribution in [-0.2, 0) is 11.4 Å². The molecule has 0 bridgehead atoms. The maximum absolute atomic E-state index is 12.1. The molecule has 1 N–H and O–H groups in total. The van der Waals surface area contributed by atoms with Crippen LogP contribution in [0.4, 0.5) is 0 Å². The zero-order valence-electron chi connectivity index (χ0n) is 12.7. The topological polar surface area (TPSA) is 53.5 Å². The molecule has 4 nitrogen and oxygen atoms in total. The largest absolute Gasteiger partial charge is 0.598 e. The Hall–Kier alpha value is -0.430. The van der Waals surface area contributed by atoms with Crippen molar-refractivity contribution in [2.24, 2.45) is 0 Å². The molecule has 1 aromatic rings. The first-order chi connectivity index (χ1) is 9.20. The Morgan fingerprint density at radius 1 is 1.25 bits per heavy atom. The summed E-state index contributed by atoms with van der Waals surface area (Å²) >= 11 is 2.34. The highest BCUT2D eigenvalue weighted by molar-refractivity contribution is 9.10. The zero-order valence-corrected chi connectivity index (χ0v) is 15.1. The first kappa shape index (κ1) is 17.6. The molecule has 0 amide bonds. The molecular weight excluding hydrogens is 342 g/mol. The van der Waals surface area contributed by atoms with Crippen molar-refractivity contribution in [3.05, 3.63) is 22.2 Å². The Kier molecular flexibility index (Phi) is 6.19. The Morgan fingerprint density at radius 2 is 1.85 bits per heavy atom. The van der Waals surface area contributed by atoms with Gasteiger partial charge in [0.15, 0.2) is 11.5 Å². The number of methoxy groups -OCH3 is 2. The van der Waals surface area contributed by atoms with E-state index in [2.05, 4.69) is 20.7 Å². The van der Waals surface area contributed by atoms with Crippen molar-refractivity contribution in [3.8, 4) is 11.5 Å². The third-order valence-corrected chi connectivity index (χ3v) is 5.06.